The Labute approximate surface area is 154 Å². The zero-order chi connectivity index (χ0) is 18.5. The number of hydrogen-bond acceptors (Lipinski definition) is 3. The zero-order valence-corrected chi connectivity index (χ0v) is 15.3. The molecular weight excluding hydrogens is 331 g/mol. The van der Waals surface area contributed by atoms with E-state index in [2.05, 4.69) is 10.2 Å². The van der Waals surface area contributed by atoms with Crippen molar-refractivity contribution in [1.82, 2.24) is 0 Å². The molecule has 0 bridgehead atoms. The van der Waals surface area contributed by atoms with Crippen LogP contribution in [0.4, 0.5) is 15.8 Å². The van der Waals surface area contributed by atoms with Gasteiger partial charge in [0.05, 0.1) is 18.7 Å². The molecule has 5 heteroatoms. The summed E-state index contributed by atoms with van der Waals surface area (Å²) in [5.74, 6) is 0.125. The van der Waals surface area contributed by atoms with Gasteiger partial charge in [0.2, 0.25) is 5.91 Å². The molecule has 0 unspecified atom stereocenters. The van der Waals surface area contributed by atoms with E-state index in [0.29, 0.717) is 0 Å². The molecule has 1 fully saturated rings. The third kappa shape index (κ3) is 4.15. The van der Waals surface area contributed by atoms with Crippen molar-refractivity contribution in [2.45, 2.75) is 33.1 Å². The fourth-order valence-electron chi connectivity index (χ4n) is 3.19. The van der Waals surface area contributed by atoms with Gasteiger partial charge in [-0.2, -0.15) is 0 Å². The molecule has 26 heavy (non-hydrogen) atoms. The number of nitrogens with zero attached hydrogens (tertiary/aromatic N) is 1. The minimum atomic E-state index is -0.404. The van der Waals surface area contributed by atoms with Gasteiger partial charge >= 0.3 is 0 Å². The van der Waals surface area contributed by atoms with Gasteiger partial charge in [0, 0.05) is 13.1 Å². The van der Waals surface area contributed by atoms with E-state index in [1.807, 2.05) is 38.1 Å². The fraction of sp³-hybridized carbons (Fsp3) is 0.381. The van der Waals surface area contributed by atoms with Crippen LogP contribution in [-0.2, 0) is 4.79 Å². The number of nitrogens with one attached hydrogen (secondary N) is 1. The number of rotatable bonds is 6. The van der Waals surface area contributed by atoms with Gasteiger partial charge < -0.3 is 15.0 Å². The van der Waals surface area contributed by atoms with Gasteiger partial charge in [-0.3, -0.25) is 4.79 Å². The van der Waals surface area contributed by atoms with Crippen molar-refractivity contribution < 1.29 is 13.9 Å². The summed E-state index contributed by atoms with van der Waals surface area (Å²) in [6.07, 6.45) is 2.35. The fourth-order valence-corrected chi connectivity index (χ4v) is 3.19. The Morgan fingerprint density at radius 2 is 1.88 bits per heavy atom. The maximum Gasteiger partial charge on any atom is 0.227 e. The van der Waals surface area contributed by atoms with E-state index in [0.717, 1.165) is 48.5 Å². The average molecular weight is 356 g/mol. The van der Waals surface area contributed by atoms with E-state index in [9.17, 15) is 9.18 Å². The molecule has 3 rings (SSSR count). The van der Waals surface area contributed by atoms with E-state index in [1.54, 1.807) is 6.07 Å². The molecule has 2 aromatic rings. The second-order valence-electron chi connectivity index (χ2n) is 6.67. The Bertz CT molecular complexity index is 786. The number of carbonyl (C=O) groups is 1. The minimum Gasteiger partial charge on any atom is -0.493 e. The summed E-state index contributed by atoms with van der Waals surface area (Å²) in [7, 11) is 0. The van der Waals surface area contributed by atoms with Crippen molar-refractivity contribution in [3.05, 3.63) is 53.3 Å². The van der Waals surface area contributed by atoms with Crippen LogP contribution in [0.1, 0.15) is 30.4 Å². The lowest BCUT2D eigenvalue weighted by Crippen LogP contribution is -2.22. The highest BCUT2D eigenvalue weighted by Crippen LogP contribution is 2.31. The highest BCUT2D eigenvalue weighted by molar-refractivity contribution is 5.94. The summed E-state index contributed by atoms with van der Waals surface area (Å²) in [6.45, 7) is 6.05. The number of para-hydroxylation sites is 1. The quantitative estimate of drug-likeness (QED) is 0.831. The van der Waals surface area contributed by atoms with Gasteiger partial charge in [0.1, 0.15) is 17.3 Å². The second kappa shape index (κ2) is 8.21. The topological polar surface area (TPSA) is 41.6 Å². The van der Waals surface area contributed by atoms with E-state index >= 15 is 0 Å². The monoisotopic (exact) mass is 356 g/mol. The predicted octanol–water partition coefficient (Wildman–Crippen LogP) is 4.45. The molecule has 1 amide bonds. The van der Waals surface area contributed by atoms with Crippen molar-refractivity contribution in [2.24, 2.45) is 0 Å². The molecule has 0 atom stereocenters. The molecule has 4 nitrogen and oxygen atoms in total. The van der Waals surface area contributed by atoms with Crippen molar-refractivity contribution in [1.29, 1.82) is 0 Å². The van der Waals surface area contributed by atoms with E-state index in [1.165, 1.54) is 6.07 Å². The largest absolute Gasteiger partial charge is 0.493 e. The van der Waals surface area contributed by atoms with Gasteiger partial charge in [-0.15, -0.1) is 0 Å². The lowest BCUT2D eigenvalue weighted by molar-refractivity contribution is -0.116. The third-order valence-corrected chi connectivity index (χ3v) is 4.84. The molecule has 1 aliphatic heterocycles. The average Bonchev–Trinajstić information content (AvgIpc) is 3.15. The molecule has 0 radical (unpaired) electrons. The van der Waals surface area contributed by atoms with Crippen molar-refractivity contribution in [3.63, 3.8) is 0 Å². The normalized spacial score (nSPS) is 13.7. The Kier molecular flexibility index (Phi) is 5.76. The van der Waals surface area contributed by atoms with Crippen LogP contribution in [0.3, 0.4) is 0 Å². The molecule has 0 aromatic heterocycles. The van der Waals surface area contributed by atoms with E-state index in [-0.39, 0.29) is 24.6 Å². The summed E-state index contributed by atoms with van der Waals surface area (Å²) in [6, 6.07) is 10.8. The number of aryl methyl sites for hydroxylation is 1. The minimum absolute atomic E-state index is 0.168. The van der Waals surface area contributed by atoms with Gasteiger partial charge in [-0.05, 0) is 56.0 Å². The number of hydrogen-bond donors (Lipinski definition) is 1. The highest BCUT2D eigenvalue weighted by Gasteiger charge is 2.19. The van der Waals surface area contributed by atoms with Crippen molar-refractivity contribution >= 4 is 17.3 Å². The molecule has 0 saturated carbocycles. The second-order valence-corrected chi connectivity index (χ2v) is 6.67. The Balaban J connectivity index is 1.61. The third-order valence-electron chi connectivity index (χ3n) is 4.84. The molecule has 1 saturated heterocycles. The number of amides is 1. The predicted molar refractivity (Wildman–Crippen MR) is 103 cm³/mol. The molecule has 1 N–H and O–H groups in total. The van der Waals surface area contributed by atoms with Gasteiger partial charge in [-0.25, -0.2) is 4.39 Å². The summed E-state index contributed by atoms with van der Waals surface area (Å²) in [5, 5.41) is 2.73. The molecule has 2 aromatic carbocycles. The molecule has 1 heterocycles. The number of halogens is 1. The highest BCUT2D eigenvalue weighted by atomic mass is 19.1. The van der Waals surface area contributed by atoms with Crippen molar-refractivity contribution in [2.75, 3.05) is 29.9 Å². The van der Waals surface area contributed by atoms with Gasteiger partial charge in [0.25, 0.3) is 0 Å². The first-order chi connectivity index (χ1) is 12.6. The summed E-state index contributed by atoms with van der Waals surface area (Å²) < 4.78 is 20.0. The van der Waals surface area contributed by atoms with Gasteiger partial charge in [-0.1, -0.05) is 18.2 Å². The van der Waals surface area contributed by atoms with Crippen LogP contribution in [0.5, 0.6) is 5.75 Å². The SMILES string of the molecule is Cc1cccc(OCCC(=O)Nc2c(F)cccc2N2CCCC2)c1C. The molecule has 1 aliphatic rings. The zero-order valence-electron chi connectivity index (χ0n) is 15.3. The van der Waals surface area contributed by atoms with Crippen LogP contribution in [-0.4, -0.2) is 25.6 Å². The first-order valence-electron chi connectivity index (χ1n) is 9.08. The standard InChI is InChI=1S/C21H25FN2O2/c1-15-7-5-10-19(16(15)2)26-14-11-20(25)23-21-17(22)8-6-9-18(21)24-12-3-4-13-24/h5-10H,3-4,11-14H2,1-2H3,(H,23,25). The number of benzene rings is 2. The van der Waals surface area contributed by atoms with Crippen LogP contribution in [0, 0.1) is 19.7 Å². The van der Waals surface area contributed by atoms with Crippen LogP contribution in [0.25, 0.3) is 0 Å². The van der Waals surface area contributed by atoms with Crippen LogP contribution < -0.4 is 15.0 Å². The van der Waals surface area contributed by atoms with Crippen LogP contribution in [0.15, 0.2) is 36.4 Å². The van der Waals surface area contributed by atoms with Crippen LogP contribution in [0.2, 0.25) is 0 Å². The lowest BCUT2D eigenvalue weighted by atomic mass is 10.1. The first-order valence-corrected chi connectivity index (χ1v) is 9.08. The lowest BCUT2D eigenvalue weighted by Gasteiger charge is -2.22. The smallest absolute Gasteiger partial charge is 0.227 e. The molecule has 0 aliphatic carbocycles. The Morgan fingerprint density at radius 3 is 2.65 bits per heavy atom. The summed E-state index contributed by atoms with van der Waals surface area (Å²) in [5.41, 5.74) is 3.24. The molecule has 138 valence electrons. The van der Waals surface area contributed by atoms with Crippen molar-refractivity contribution in [3.8, 4) is 5.75 Å². The van der Waals surface area contributed by atoms with E-state index in [4.69, 9.17) is 4.74 Å². The molecule has 0 spiro atoms. The van der Waals surface area contributed by atoms with Gasteiger partial charge in [0.15, 0.2) is 0 Å². The number of carbonyl (C=O) groups excluding carboxylic acids is 1. The summed E-state index contributed by atoms with van der Waals surface area (Å²) in [4.78, 5) is 14.4. The van der Waals surface area contributed by atoms with Crippen LogP contribution >= 0.6 is 0 Å². The Morgan fingerprint density at radius 1 is 1.15 bits per heavy atom. The maximum atomic E-state index is 14.3. The van der Waals surface area contributed by atoms with E-state index < -0.39 is 5.82 Å². The number of ether oxygens (including phenoxy) is 1. The Hall–Kier alpha value is -2.56. The summed E-state index contributed by atoms with van der Waals surface area (Å²) >= 11 is 0. The molecular formula is C21H25FN2O2. The number of anilines is 2. The first kappa shape index (κ1) is 18.2. The maximum absolute atomic E-state index is 14.3.